The number of benzene rings is 1. The van der Waals surface area contributed by atoms with Gasteiger partial charge in [0, 0.05) is 18.6 Å². The van der Waals surface area contributed by atoms with Crippen LogP contribution in [0.25, 0.3) is 0 Å². The van der Waals surface area contributed by atoms with Crippen molar-refractivity contribution in [1.82, 2.24) is 10.2 Å². The van der Waals surface area contributed by atoms with Crippen LogP contribution in [0.3, 0.4) is 0 Å². The molecule has 0 heterocycles. The molecule has 0 spiro atoms. The summed E-state index contributed by atoms with van der Waals surface area (Å²) in [5.74, 6) is 0. The Morgan fingerprint density at radius 2 is 1.75 bits per heavy atom. The molecule has 0 saturated heterocycles. The van der Waals surface area contributed by atoms with E-state index in [9.17, 15) is 0 Å². The first-order valence-electron chi connectivity index (χ1n) is 8.18. The number of rotatable bonds is 6. The van der Waals surface area contributed by atoms with Gasteiger partial charge in [0.1, 0.15) is 0 Å². The molecule has 112 valence electrons. The standard InChI is InChI=1S/C18H30N2/c1-4-13-19-17-9-11-18(12-10-17)20(3)14-16-7-5-15(2)6-8-16/h5-8,17-19H,4,9-14H2,1-3H3. The van der Waals surface area contributed by atoms with Gasteiger partial charge in [-0.05, 0) is 58.2 Å². The van der Waals surface area contributed by atoms with Gasteiger partial charge in [0.25, 0.3) is 0 Å². The second-order valence-corrected chi connectivity index (χ2v) is 6.36. The maximum Gasteiger partial charge on any atom is 0.0233 e. The summed E-state index contributed by atoms with van der Waals surface area (Å²) in [7, 11) is 2.28. The van der Waals surface area contributed by atoms with Crippen molar-refractivity contribution < 1.29 is 0 Å². The number of nitrogens with one attached hydrogen (secondary N) is 1. The normalized spacial score (nSPS) is 23.2. The van der Waals surface area contributed by atoms with Crippen LogP contribution in [0.4, 0.5) is 0 Å². The first-order valence-corrected chi connectivity index (χ1v) is 8.18. The zero-order valence-electron chi connectivity index (χ0n) is 13.4. The molecule has 1 fully saturated rings. The summed E-state index contributed by atoms with van der Waals surface area (Å²) in [5.41, 5.74) is 2.78. The van der Waals surface area contributed by atoms with E-state index in [2.05, 4.69) is 55.4 Å². The van der Waals surface area contributed by atoms with E-state index in [0.29, 0.717) is 0 Å². The predicted octanol–water partition coefficient (Wildman–Crippen LogP) is 3.74. The summed E-state index contributed by atoms with van der Waals surface area (Å²) in [6, 6.07) is 10.5. The zero-order valence-corrected chi connectivity index (χ0v) is 13.4. The highest BCUT2D eigenvalue weighted by atomic mass is 15.1. The maximum atomic E-state index is 3.67. The van der Waals surface area contributed by atoms with Gasteiger partial charge in [0.2, 0.25) is 0 Å². The average Bonchev–Trinajstić information content (AvgIpc) is 2.48. The van der Waals surface area contributed by atoms with E-state index in [4.69, 9.17) is 0 Å². The van der Waals surface area contributed by atoms with Crippen molar-refractivity contribution in [2.75, 3.05) is 13.6 Å². The molecule has 1 saturated carbocycles. The minimum Gasteiger partial charge on any atom is -0.314 e. The van der Waals surface area contributed by atoms with Gasteiger partial charge >= 0.3 is 0 Å². The Labute approximate surface area is 124 Å². The lowest BCUT2D eigenvalue weighted by Gasteiger charge is -2.35. The van der Waals surface area contributed by atoms with Crippen LogP contribution in [-0.4, -0.2) is 30.6 Å². The fourth-order valence-corrected chi connectivity index (χ4v) is 3.18. The zero-order chi connectivity index (χ0) is 14.4. The van der Waals surface area contributed by atoms with E-state index < -0.39 is 0 Å². The van der Waals surface area contributed by atoms with Gasteiger partial charge in [-0.25, -0.2) is 0 Å². The van der Waals surface area contributed by atoms with Crippen LogP contribution in [0.1, 0.15) is 50.2 Å². The van der Waals surface area contributed by atoms with Crippen molar-refractivity contribution in [2.24, 2.45) is 0 Å². The van der Waals surface area contributed by atoms with E-state index in [1.807, 2.05) is 0 Å². The Morgan fingerprint density at radius 3 is 2.35 bits per heavy atom. The summed E-state index contributed by atoms with van der Waals surface area (Å²) in [6.07, 6.45) is 6.59. The van der Waals surface area contributed by atoms with Crippen molar-refractivity contribution in [3.05, 3.63) is 35.4 Å². The number of aryl methyl sites for hydroxylation is 1. The van der Waals surface area contributed by atoms with Gasteiger partial charge in [-0.3, -0.25) is 4.90 Å². The van der Waals surface area contributed by atoms with Gasteiger partial charge in [0.15, 0.2) is 0 Å². The first kappa shape index (κ1) is 15.5. The van der Waals surface area contributed by atoms with Gasteiger partial charge in [-0.2, -0.15) is 0 Å². The van der Waals surface area contributed by atoms with Crippen molar-refractivity contribution in [3.63, 3.8) is 0 Å². The summed E-state index contributed by atoms with van der Waals surface area (Å²) in [6.45, 7) is 6.65. The summed E-state index contributed by atoms with van der Waals surface area (Å²) < 4.78 is 0. The average molecular weight is 274 g/mol. The smallest absolute Gasteiger partial charge is 0.0233 e. The molecule has 0 amide bonds. The highest BCUT2D eigenvalue weighted by Gasteiger charge is 2.23. The topological polar surface area (TPSA) is 15.3 Å². The Bertz CT molecular complexity index is 377. The van der Waals surface area contributed by atoms with Gasteiger partial charge in [-0.1, -0.05) is 36.8 Å². The quantitative estimate of drug-likeness (QED) is 0.850. The predicted molar refractivity (Wildman–Crippen MR) is 87.0 cm³/mol. The molecule has 2 nitrogen and oxygen atoms in total. The van der Waals surface area contributed by atoms with Gasteiger partial charge in [-0.15, -0.1) is 0 Å². The minimum atomic E-state index is 0.760. The van der Waals surface area contributed by atoms with Crippen LogP contribution in [0.15, 0.2) is 24.3 Å². The molecule has 0 radical (unpaired) electrons. The molecule has 0 bridgehead atoms. The van der Waals surface area contributed by atoms with Crippen molar-refractivity contribution in [3.8, 4) is 0 Å². The lowest BCUT2D eigenvalue weighted by atomic mass is 9.90. The van der Waals surface area contributed by atoms with Gasteiger partial charge in [0.05, 0.1) is 0 Å². The number of hydrogen-bond donors (Lipinski definition) is 1. The minimum absolute atomic E-state index is 0.760. The Kier molecular flexibility index (Phi) is 6.06. The van der Waals surface area contributed by atoms with Crippen molar-refractivity contribution in [1.29, 1.82) is 0 Å². The molecule has 20 heavy (non-hydrogen) atoms. The highest BCUT2D eigenvalue weighted by Crippen LogP contribution is 2.23. The SMILES string of the molecule is CCCNC1CCC(N(C)Cc2ccc(C)cc2)CC1. The van der Waals surface area contributed by atoms with Gasteiger partial charge < -0.3 is 5.32 Å². The maximum absolute atomic E-state index is 3.67. The summed E-state index contributed by atoms with van der Waals surface area (Å²) in [5, 5.41) is 3.67. The molecular formula is C18H30N2. The number of nitrogens with zero attached hydrogens (tertiary/aromatic N) is 1. The van der Waals surface area contributed by atoms with Crippen LogP contribution < -0.4 is 5.32 Å². The fourth-order valence-electron chi connectivity index (χ4n) is 3.18. The van der Waals surface area contributed by atoms with E-state index in [1.54, 1.807) is 0 Å². The lowest BCUT2D eigenvalue weighted by Crippen LogP contribution is -2.40. The Hall–Kier alpha value is -0.860. The van der Waals surface area contributed by atoms with Crippen molar-refractivity contribution >= 4 is 0 Å². The molecule has 0 aromatic heterocycles. The molecule has 1 aliphatic carbocycles. The molecule has 1 N–H and O–H groups in total. The molecule has 1 aromatic carbocycles. The Morgan fingerprint density at radius 1 is 1.10 bits per heavy atom. The van der Waals surface area contributed by atoms with E-state index in [0.717, 1.165) is 18.6 Å². The monoisotopic (exact) mass is 274 g/mol. The summed E-state index contributed by atoms with van der Waals surface area (Å²) in [4.78, 5) is 2.54. The molecule has 2 heteroatoms. The van der Waals surface area contributed by atoms with Crippen LogP contribution in [0.5, 0.6) is 0 Å². The van der Waals surface area contributed by atoms with Crippen LogP contribution >= 0.6 is 0 Å². The second kappa shape index (κ2) is 7.80. The third kappa shape index (κ3) is 4.60. The summed E-state index contributed by atoms with van der Waals surface area (Å²) >= 11 is 0. The van der Waals surface area contributed by atoms with Crippen LogP contribution in [-0.2, 0) is 6.54 Å². The number of hydrogen-bond acceptors (Lipinski definition) is 2. The Balaban J connectivity index is 1.76. The molecule has 0 aliphatic heterocycles. The molecule has 1 aromatic rings. The molecular weight excluding hydrogens is 244 g/mol. The largest absolute Gasteiger partial charge is 0.314 e. The highest BCUT2D eigenvalue weighted by molar-refractivity contribution is 5.21. The first-order chi connectivity index (χ1) is 9.69. The molecule has 0 atom stereocenters. The third-order valence-electron chi connectivity index (χ3n) is 4.56. The van der Waals surface area contributed by atoms with Crippen LogP contribution in [0, 0.1) is 6.92 Å². The second-order valence-electron chi connectivity index (χ2n) is 6.36. The fraction of sp³-hybridized carbons (Fsp3) is 0.667. The van der Waals surface area contributed by atoms with E-state index in [1.165, 1.54) is 49.8 Å². The third-order valence-corrected chi connectivity index (χ3v) is 4.56. The van der Waals surface area contributed by atoms with Crippen LogP contribution in [0.2, 0.25) is 0 Å². The van der Waals surface area contributed by atoms with Crippen molar-refractivity contribution in [2.45, 2.75) is 64.6 Å². The molecule has 2 rings (SSSR count). The molecule has 0 unspecified atom stereocenters. The van der Waals surface area contributed by atoms with E-state index in [-0.39, 0.29) is 0 Å². The lowest BCUT2D eigenvalue weighted by molar-refractivity contribution is 0.168. The molecule has 1 aliphatic rings. The van der Waals surface area contributed by atoms with E-state index >= 15 is 0 Å².